The summed E-state index contributed by atoms with van der Waals surface area (Å²) in [6.45, 7) is 0. The minimum Gasteiger partial charge on any atom is -0.497 e. The number of halogens is 1. The summed E-state index contributed by atoms with van der Waals surface area (Å²) < 4.78 is 7.37. The molecule has 62 valence electrons. The maximum atomic E-state index is 5.09. The first-order valence-corrected chi connectivity index (χ1v) is 5.29. The van der Waals surface area contributed by atoms with Gasteiger partial charge in [0.2, 0.25) is 0 Å². The predicted octanol–water partition coefficient (Wildman–Crippen LogP) is 2.91. The van der Waals surface area contributed by atoms with E-state index in [0.29, 0.717) is 0 Å². The number of aromatic nitrogens is 1. The van der Waals surface area contributed by atoms with Crippen molar-refractivity contribution in [1.29, 1.82) is 0 Å². The number of methoxy groups -OCH3 is 1. The smallest absolute Gasteiger partial charge is 0.155 e. The topological polar surface area (TPSA) is 22.1 Å². The molecule has 0 unspecified atom stereocenters. The van der Waals surface area contributed by atoms with Gasteiger partial charge in [-0.3, -0.25) is 0 Å². The highest BCUT2D eigenvalue weighted by Crippen LogP contribution is 2.26. The highest BCUT2D eigenvalue weighted by molar-refractivity contribution is 14.1. The van der Waals surface area contributed by atoms with Gasteiger partial charge < -0.3 is 4.74 Å². The number of thiazole rings is 1. The van der Waals surface area contributed by atoms with E-state index in [9.17, 15) is 0 Å². The molecule has 0 atom stereocenters. The molecule has 0 radical (unpaired) electrons. The molecule has 1 heterocycles. The molecular formula is C8H6INOS. The van der Waals surface area contributed by atoms with Crippen LogP contribution in [0, 0.1) is 3.01 Å². The van der Waals surface area contributed by atoms with Crippen molar-refractivity contribution in [3.8, 4) is 5.75 Å². The van der Waals surface area contributed by atoms with Crippen LogP contribution in [-0.2, 0) is 0 Å². The van der Waals surface area contributed by atoms with Crippen molar-refractivity contribution < 1.29 is 4.74 Å². The number of rotatable bonds is 1. The van der Waals surface area contributed by atoms with Gasteiger partial charge in [0.05, 0.1) is 17.3 Å². The molecule has 0 amide bonds. The van der Waals surface area contributed by atoms with Crippen LogP contribution in [0.3, 0.4) is 0 Å². The Hall–Kier alpha value is -0.360. The zero-order chi connectivity index (χ0) is 8.55. The molecule has 0 aliphatic carbocycles. The fourth-order valence-corrected chi connectivity index (χ4v) is 2.65. The highest BCUT2D eigenvalue weighted by atomic mass is 127. The summed E-state index contributed by atoms with van der Waals surface area (Å²) in [5.41, 5.74) is 1.02. The number of fused-ring (bicyclic) bond motifs is 1. The van der Waals surface area contributed by atoms with Gasteiger partial charge >= 0.3 is 0 Å². The van der Waals surface area contributed by atoms with Crippen LogP contribution in [0.25, 0.3) is 10.2 Å². The van der Waals surface area contributed by atoms with E-state index in [-0.39, 0.29) is 0 Å². The number of benzene rings is 1. The predicted molar refractivity (Wildman–Crippen MR) is 58.9 cm³/mol. The fourth-order valence-electron chi connectivity index (χ4n) is 1.01. The Labute approximate surface area is 87.7 Å². The van der Waals surface area contributed by atoms with E-state index in [2.05, 4.69) is 27.6 Å². The second-order valence-corrected chi connectivity index (χ2v) is 5.08. The molecule has 0 saturated heterocycles. The second-order valence-electron chi connectivity index (χ2n) is 2.30. The summed E-state index contributed by atoms with van der Waals surface area (Å²) >= 11 is 3.91. The van der Waals surface area contributed by atoms with Crippen LogP contribution < -0.4 is 4.74 Å². The molecule has 0 spiro atoms. The van der Waals surface area contributed by atoms with Crippen LogP contribution in [-0.4, -0.2) is 12.1 Å². The van der Waals surface area contributed by atoms with Crippen molar-refractivity contribution >= 4 is 44.1 Å². The Morgan fingerprint density at radius 1 is 1.50 bits per heavy atom. The van der Waals surface area contributed by atoms with Gasteiger partial charge in [0.25, 0.3) is 0 Å². The van der Waals surface area contributed by atoms with Gasteiger partial charge in [0.1, 0.15) is 5.75 Å². The molecule has 0 aliphatic heterocycles. The summed E-state index contributed by atoms with van der Waals surface area (Å²) in [4.78, 5) is 4.35. The van der Waals surface area contributed by atoms with Crippen molar-refractivity contribution in [2.24, 2.45) is 0 Å². The number of nitrogens with zero attached hydrogens (tertiary/aromatic N) is 1. The third-order valence-electron chi connectivity index (χ3n) is 1.57. The summed E-state index contributed by atoms with van der Waals surface area (Å²) in [5.74, 6) is 0.865. The quantitative estimate of drug-likeness (QED) is 0.754. The van der Waals surface area contributed by atoms with E-state index in [0.717, 1.165) is 14.3 Å². The zero-order valence-electron chi connectivity index (χ0n) is 6.37. The van der Waals surface area contributed by atoms with E-state index in [1.54, 1.807) is 18.4 Å². The van der Waals surface area contributed by atoms with Crippen LogP contribution in [0.2, 0.25) is 0 Å². The largest absolute Gasteiger partial charge is 0.497 e. The maximum absolute atomic E-state index is 5.09. The van der Waals surface area contributed by atoms with Crippen LogP contribution in [0.5, 0.6) is 5.75 Å². The van der Waals surface area contributed by atoms with Crippen molar-refractivity contribution in [2.45, 2.75) is 0 Å². The summed E-state index contributed by atoms with van der Waals surface area (Å²) in [6.07, 6.45) is 0. The minimum atomic E-state index is 0.865. The van der Waals surface area contributed by atoms with Crippen molar-refractivity contribution in [1.82, 2.24) is 4.98 Å². The summed E-state index contributed by atoms with van der Waals surface area (Å²) in [6, 6.07) is 5.94. The standard InChI is InChI=1S/C8H6INOS/c1-11-5-2-3-7-6(4-5)10-8(9)12-7/h2-4H,1H3. The van der Waals surface area contributed by atoms with Gasteiger partial charge in [0.15, 0.2) is 3.01 Å². The van der Waals surface area contributed by atoms with Crippen LogP contribution in [0.1, 0.15) is 0 Å². The number of ether oxygens (including phenoxy) is 1. The van der Waals surface area contributed by atoms with Gasteiger partial charge in [-0.2, -0.15) is 0 Å². The van der Waals surface area contributed by atoms with Crippen molar-refractivity contribution in [2.75, 3.05) is 7.11 Å². The molecule has 1 aromatic carbocycles. The first-order valence-electron chi connectivity index (χ1n) is 3.39. The molecule has 0 saturated carbocycles. The molecule has 2 aromatic rings. The Bertz CT molecular complexity index is 412. The molecule has 2 nitrogen and oxygen atoms in total. The summed E-state index contributed by atoms with van der Waals surface area (Å²) in [7, 11) is 1.67. The maximum Gasteiger partial charge on any atom is 0.155 e. The lowest BCUT2D eigenvalue weighted by atomic mass is 10.3. The van der Waals surface area contributed by atoms with Gasteiger partial charge in [-0.05, 0) is 34.7 Å². The minimum absolute atomic E-state index is 0.865. The highest BCUT2D eigenvalue weighted by Gasteiger charge is 2.01. The van der Waals surface area contributed by atoms with Crippen molar-refractivity contribution in [3.63, 3.8) is 0 Å². The zero-order valence-corrected chi connectivity index (χ0v) is 9.35. The Morgan fingerprint density at radius 2 is 2.33 bits per heavy atom. The molecule has 0 N–H and O–H groups in total. The molecule has 0 fully saturated rings. The SMILES string of the molecule is COc1ccc2sc(I)nc2c1. The monoisotopic (exact) mass is 291 g/mol. The first-order chi connectivity index (χ1) is 5.79. The molecule has 2 rings (SSSR count). The van der Waals surface area contributed by atoms with E-state index >= 15 is 0 Å². The summed E-state index contributed by atoms with van der Waals surface area (Å²) in [5, 5.41) is 0. The molecule has 4 heteroatoms. The van der Waals surface area contributed by atoms with Gasteiger partial charge in [-0.25, -0.2) is 4.98 Å². The van der Waals surface area contributed by atoms with Crippen LogP contribution >= 0.6 is 33.9 Å². The van der Waals surface area contributed by atoms with Gasteiger partial charge in [0, 0.05) is 6.07 Å². The lowest BCUT2D eigenvalue weighted by Crippen LogP contribution is -1.80. The Balaban J connectivity index is 2.66. The van der Waals surface area contributed by atoms with Gasteiger partial charge in [-0.1, -0.05) is 0 Å². The molecule has 12 heavy (non-hydrogen) atoms. The molecule has 1 aromatic heterocycles. The fraction of sp³-hybridized carbons (Fsp3) is 0.125. The van der Waals surface area contributed by atoms with Crippen LogP contribution in [0.15, 0.2) is 18.2 Å². The normalized spacial score (nSPS) is 10.5. The number of hydrogen-bond acceptors (Lipinski definition) is 3. The molecular weight excluding hydrogens is 285 g/mol. The van der Waals surface area contributed by atoms with E-state index in [4.69, 9.17) is 4.74 Å². The van der Waals surface area contributed by atoms with E-state index in [1.165, 1.54) is 4.70 Å². The molecule has 0 aliphatic rings. The Kier molecular flexibility index (Phi) is 2.18. The number of hydrogen-bond donors (Lipinski definition) is 0. The average molecular weight is 291 g/mol. The average Bonchev–Trinajstić information content (AvgIpc) is 2.43. The van der Waals surface area contributed by atoms with Crippen LogP contribution in [0.4, 0.5) is 0 Å². The van der Waals surface area contributed by atoms with Gasteiger partial charge in [-0.15, -0.1) is 11.3 Å². The lowest BCUT2D eigenvalue weighted by molar-refractivity contribution is 0.415. The Morgan fingerprint density at radius 3 is 3.08 bits per heavy atom. The lowest BCUT2D eigenvalue weighted by Gasteiger charge is -1.96. The van der Waals surface area contributed by atoms with E-state index < -0.39 is 0 Å². The third kappa shape index (κ3) is 1.40. The van der Waals surface area contributed by atoms with Crippen molar-refractivity contribution in [3.05, 3.63) is 21.2 Å². The second kappa shape index (κ2) is 3.18. The van der Waals surface area contributed by atoms with E-state index in [1.807, 2.05) is 18.2 Å². The third-order valence-corrected chi connectivity index (χ3v) is 3.30. The molecule has 0 bridgehead atoms. The first kappa shape index (κ1) is 8.25.